The number of nitrogens with one attached hydrogen (secondary N) is 1. The van der Waals surface area contributed by atoms with E-state index in [1.54, 1.807) is 11.4 Å². The molecule has 1 N–H and O–H groups in total. The first-order valence-electron chi connectivity index (χ1n) is 9.64. The van der Waals surface area contributed by atoms with Crippen LogP contribution in [-0.2, 0) is 11.2 Å². The molecule has 0 aliphatic heterocycles. The maximum Gasteiger partial charge on any atom is 0.238 e. The lowest BCUT2D eigenvalue weighted by atomic mass is 10.1. The van der Waals surface area contributed by atoms with E-state index in [0.29, 0.717) is 22.1 Å². The number of rotatable bonds is 7. The highest BCUT2D eigenvalue weighted by Crippen LogP contribution is 2.29. The topological polar surface area (TPSA) is 83.6 Å². The van der Waals surface area contributed by atoms with Crippen molar-refractivity contribution in [2.24, 2.45) is 0 Å². The van der Waals surface area contributed by atoms with Gasteiger partial charge in [0.05, 0.1) is 10.8 Å². The highest BCUT2D eigenvalue weighted by molar-refractivity contribution is 8.00. The quantitative estimate of drug-likeness (QED) is 0.409. The van der Waals surface area contributed by atoms with Crippen LogP contribution in [0.3, 0.4) is 0 Å². The molecule has 1 atom stereocenters. The van der Waals surface area contributed by atoms with E-state index < -0.39 is 5.25 Å². The van der Waals surface area contributed by atoms with Gasteiger partial charge < -0.3 is 5.32 Å². The molecule has 31 heavy (non-hydrogen) atoms. The van der Waals surface area contributed by atoms with Gasteiger partial charge in [-0.2, -0.15) is 5.26 Å². The Morgan fingerprint density at radius 3 is 2.55 bits per heavy atom. The summed E-state index contributed by atoms with van der Waals surface area (Å²) >= 11 is 2.67. The third-order valence-corrected chi connectivity index (χ3v) is 6.47. The molecule has 0 radical (unpaired) electrons. The molecule has 2 heterocycles. The predicted molar refractivity (Wildman–Crippen MR) is 124 cm³/mol. The number of hydrogen-bond acceptors (Lipinski definition) is 6. The second kappa shape index (κ2) is 9.60. The molecule has 0 bridgehead atoms. The number of thiophene rings is 1. The minimum atomic E-state index is -0.426. The summed E-state index contributed by atoms with van der Waals surface area (Å²) in [5.41, 5.74) is 2.54. The lowest BCUT2D eigenvalue weighted by Gasteiger charge is -2.13. The second-order valence-electron chi connectivity index (χ2n) is 6.76. The first kappa shape index (κ1) is 20.8. The maximum atomic E-state index is 12.7. The summed E-state index contributed by atoms with van der Waals surface area (Å²) in [6.07, 6.45) is 0.630. The lowest BCUT2D eigenvalue weighted by molar-refractivity contribution is -0.115. The van der Waals surface area contributed by atoms with Gasteiger partial charge in [0.25, 0.3) is 0 Å². The van der Waals surface area contributed by atoms with E-state index in [4.69, 9.17) is 5.26 Å². The zero-order chi connectivity index (χ0) is 21.6. The average molecular weight is 446 g/mol. The summed E-state index contributed by atoms with van der Waals surface area (Å²) in [5.74, 6) is 0.619. The molecule has 6 nitrogen and oxygen atoms in total. The second-order valence-corrected chi connectivity index (χ2v) is 8.98. The van der Waals surface area contributed by atoms with Crippen LogP contribution in [0.1, 0.15) is 23.9 Å². The zero-order valence-corrected chi connectivity index (χ0v) is 18.4. The van der Waals surface area contributed by atoms with Crippen molar-refractivity contribution in [3.05, 3.63) is 89.1 Å². The molecule has 0 saturated carbocycles. The zero-order valence-electron chi connectivity index (χ0n) is 16.7. The van der Waals surface area contributed by atoms with Gasteiger partial charge in [-0.15, -0.1) is 21.5 Å². The Labute approximate surface area is 188 Å². The summed E-state index contributed by atoms with van der Waals surface area (Å²) < 4.78 is 1.99. The number of aromatic nitrogens is 3. The highest BCUT2D eigenvalue weighted by atomic mass is 32.2. The van der Waals surface area contributed by atoms with Crippen molar-refractivity contribution >= 4 is 34.0 Å². The van der Waals surface area contributed by atoms with Crippen LogP contribution >= 0.6 is 23.1 Å². The van der Waals surface area contributed by atoms with E-state index in [1.165, 1.54) is 23.1 Å². The van der Waals surface area contributed by atoms with Crippen molar-refractivity contribution in [3.8, 4) is 11.8 Å². The van der Waals surface area contributed by atoms with Crippen LogP contribution in [0.25, 0.3) is 5.69 Å². The van der Waals surface area contributed by atoms with E-state index in [0.717, 1.165) is 17.1 Å². The third kappa shape index (κ3) is 4.85. The molecular formula is C23H19N5OS2. The van der Waals surface area contributed by atoms with E-state index in [-0.39, 0.29) is 5.91 Å². The van der Waals surface area contributed by atoms with Crippen molar-refractivity contribution < 1.29 is 4.79 Å². The number of carbonyl (C=O) groups is 1. The molecule has 1 amide bonds. The Kier molecular flexibility index (Phi) is 6.46. The van der Waals surface area contributed by atoms with Crippen LogP contribution in [0.5, 0.6) is 0 Å². The molecule has 0 saturated heterocycles. The Bertz CT molecular complexity index is 1210. The fourth-order valence-corrected chi connectivity index (χ4v) is 4.65. The Hall–Kier alpha value is -3.41. The van der Waals surface area contributed by atoms with Crippen LogP contribution in [0.15, 0.2) is 77.3 Å². The number of benzene rings is 2. The SMILES string of the molecule is CC(Sc1nnc(Cc2ccccc2)n1-c1ccccc1)C(=O)Nc1sccc1C#N. The normalized spacial score (nSPS) is 11.6. The first-order valence-corrected chi connectivity index (χ1v) is 11.4. The van der Waals surface area contributed by atoms with Crippen molar-refractivity contribution in [1.82, 2.24) is 14.8 Å². The van der Waals surface area contributed by atoms with Gasteiger partial charge in [0.2, 0.25) is 5.91 Å². The molecule has 2 aromatic heterocycles. The number of thioether (sulfide) groups is 1. The standard InChI is InChI=1S/C23H19N5OS2/c1-16(21(29)25-22-18(15-24)12-13-30-22)31-23-27-26-20(14-17-8-4-2-5-9-17)28(23)19-10-6-3-7-11-19/h2-13,16H,14H2,1H3,(H,25,29). The van der Waals surface area contributed by atoms with Crippen LogP contribution < -0.4 is 5.32 Å². The molecule has 4 rings (SSSR count). The van der Waals surface area contributed by atoms with E-state index in [9.17, 15) is 4.79 Å². The fraction of sp³-hybridized carbons (Fsp3) is 0.130. The molecule has 1 unspecified atom stereocenters. The summed E-state index contributed by atoms with van der Waals surface area (Å²) in [4.78, 5) is 12.7. The van der Waals surface area contributed by atoms with Crippen LogP contribution in [0.2, 0.25) is 0 Å². The summed E-state index contributed by atoms with van der Waals surface area (Å²) in [6.45, 7) is 1.82. The summed E-state index contributed by atoms with van der Waals surface area (Å²) in [7, 11) is 0. The Balaban J connectivity index is 1.59. The number of nitrogens with zero attached hydrogens (tertiary/aromatic N) is 4. The molecular weight excluding hydrogens is 426 g/mol. The molecule has 2 aromatic carbocycles. The van der Waals surface area contributed by atoms with Gasteiger partial charge in [-0.3, -0.25) is 9.36 Å². The monoisotopic (exact) mass is 445 g/mol. The molecule has 0 aliphatic rings. The minimum Gasteiger partial charge on any atom is -0.316 e. The molecule has 0 spiro atoms. The number of amides is 1. The van der Waals surface area contributed by atoms with Crippen molar-refractivity contribution in [3.63, 3.8) is 0 Å². The lowest BCUT2D eigenvalue weighted by Crippen LogP contribution is -2.22. The Morgan fingerprint density at radius 2 is 1.84 bits per heavy atom. The van der Waals surface area contributed by atoms with Crippen molar-refractivity contribution in [1.29, 1.82) is 5.26 Å². The number of nitriles is 1. The number of carbonyl (C=O) groups excluding carboxylic acids is 1. The number of para-hydroxylation sites is 1. The van der Waals surface area contributed by atoms with Crippen LogP contribution in [0.4, 0.5) is 5.00 Å². The molecule has 0 fully saturated rings. The van der Waals surface area contributed by atoms with Gasteiger partial charge >= 0.3 is 0 Å². The fourth-order valence-electron chi connectivity index (χ4n) is 3.03. The third-order valence-electron chi connectivity index (χ3n) is 4.59. The van der Waals surface area contributed by atoms with Gasteiger partial charge in [-0.25, -0.2) is 0 Å². The van der Waals surface area contributed by atoms with E-state index >= 15 is 0 Å². The van der Waals surface area contributed by atoms with Crippen LogP contribution in [0, 0.1) is 11.3 Å². The molecule has 8 heteroatoms. The predicted octanol–water partition coefficient (Wildman–Crippen LogP) is 4.91. The van der Waals surface area contributed by atoms with Crippen molar-refractivity contribution in [2.75, 3.05) is 5.32 Å². The van der Waals surface area contributed by atoms with Crippen LogP contribution in [-0.4, -0.2) is 25.9 Å². The molecule has 154 valence electrons. The molecule has 4 aromatic rings. The van der Waals surface area contributed by atoms with Gasteiger partial charge in [0.1, 0.15) is 16.9 Å². The van der Waals surface area contributed by atoms with Crippen molar-refractivity contribution in [2.45, 2.75) is 23.8 Å². The Morgan fingerprint density at radius 1 is 1.13 bits per heavy atom. The smallest absolute Gasteiger partial charge is 0.238 e. The van der Waals surface area contributed by atoms with Gasteiger partial charge in [-0.1, -0.05) is 60.3 Å². The van der Waals surface area contributed by atoms with Gasteiger partial charge in [0, 0.05) is 12.1 Å². The first-order chi connectivity index (χ1) is 15.2. The van der Waals surface area contributed by atoms with E-state index in [1.807, 2.05) is 60.0 Å². The summed E-state index contributed by atoms with van der Waals surface area (Å²) in [6, 6.07) is 23.8. The number of anilines is 1. The minimum absolute atomic E-state index is 0.184. The molecule has 0 aliphatic carbocycles. The maximum absolute atomic E-state index is 12.7. The summed E-state index contributed by atoms with van der Waals surface area (Å²) in [5, 5.41) is 23.4. The van der Waals surface area contributed by atoms with Gasteiger partial charge in [-0.05, 0) is 36.1 Å². The average Bonchev–Trinajstić information content (AvgIpc) is 3.41. The highest BCUT2D eigenvalue weighted by Gasteiger charge is 2.22. The van der Waals surface area contributed by atoms with E-state index in [2.05, 4.69) is 33.7 Å². The van der Waals surface area contributed by atoms with Gasteiger partial charge in [0.15, 0.2) is 5.16 Å². The largest absolute Gasteiger partial charge is 0.316 e. The number of hydrogen-bond donors (Lipinski definition) is 1.